The zero-order chi connectivity index (χ0) is 14.3. The summed E-state index contributed by atoms with van der Waals surface area (Å²) >= 11 is 0. The largest absolute Gasteiger partial charge is 0.494 e. The van der Waals surface area contributed by atoms with Gasteiger partial charge in [0, 0.05) is 12.3 Å². The quantitative estimate of drug-likeness (QED) is 0.641. The van der Waals surface area contributed by atoms with Crippen molar-refractivity contribution < 1.29 is 9.53 Å². The summed E-state index contributed by atoms with van der Waals surface area (Å²) in [5.74, 6) is 1.97. The van der Waals surface area contributed by atoms with Crippen molar-refractivity contribution in [3.8, 4) is 5.75 Å². The first-order valence-electron chi connectivity index (χ1n) is 7.26. The van der Waals surface area contributed by atoms with Crippen LogP contribution in [-0.2, 0) is 4.79 Å². The van der Waals surface area contributed by atoms with Crippen molar-refractivity contribution in [1.29, 1.82) is 0 Å². The molecule has 0 aliphatic rings. The minimum Gasteiger partial charge on any atom is -0.494 e. The van der Waals surface area contributed by atoms with Crippen LogP contribution in [0.3, 0.4) is 0 Å². The Hall–Kier alpha value is -1.31. The highest BCUT2D eigenvalue weighted by atomic mass is 16.5. The number of Topliss-reactive ketones (excluding diaryl/α,β-unsaturated/α-hetero) is 1. The molecule has 0 heterocycles. The molecule has 106 valence electrons. The molecule has 0 N–H and O–H groups in total. The molecule has 0 unspecified atom stereocenters. The van der Waals surface area contributed by atoms with Gasteiger partial charge in [0.25, 0.3) is 0 Å². The number of hydrogen-bond acceptors (Lipinski definition) is 2. The van der Waals surface area contributed by atoms with E-state index in [1.807, 2.05) is 26.0 Å². The van der Waals surface area contributed by atoms with Gasteiger partial charge in [-0.2, -0.15) is 0 Å². The Morgan fingerprint density at radius 3 is 2.21 bits per heavy atom. The number of benzene rings is 1. The Morgan fingerprint density at radius 2 is 1.68 bits per heavy atom. The fourth-order valence-corrected chi connectivity index (χ4v) is 1.83. The van der Waals surface area contributed by atoms with Crippen molar-refractivity contribution in [2.75, 3.05) is 6.61 Å². The number of carbonyl (C=O) groups excluding carboxylic acids is 1. The van der Waals surface area contributed by atoms with Gasteiger partial charge in [0.05, 0.1) is 6.61 Å². The summed E-state index contributed by atoms with van der Waals surface area (Å²) in [6, 6.07) is 8.27. The molecule has 2 nitrogen and oxygen atoms in total. The van der Waals surface area contributed by atoms with Crippen LogP contribution in [-0.4, -0.2) is 12.4 Å². The maximum absolute atomic E-state index is 11.4. The molecule has 0 aromatic heterocycles. The second-order valence-corrected chi connectivity index (χ2v) is 5.65. The maximum atomic E-state index is 11.4. The van der Waals surface area contributed by atoms with Gasteiger partial charge < -0.3 is 4.74 Å². The van der Waals surface area contributed by atoms with E-state index in [4.69, 9.17) is 4.74 Å². The highest BCUT2D eigenvalue weighted by Gasteiger charge is 2.06. The number of carbonyl (C=O) groups is 1. The van der Waals surface area contributed by atoms with Gasteiger partial charge in [-0.05, 0) is 36.5 Å². The second-order valence-electron chi connectivity index (χ2n) is 5.65. The lowest BCUT2D eigenvalue weighted by Gasteiger charge is -2.09. The van der Waals surface area contributed by atoms with Crippen LogP contribution in [0, 0.1) is 5.92 Å². The highest BCUT2D eigenvalue weighted by Crippen LogP contribution is 2.18. The van der Waals surface area contributed by atoms with Crippen LogP contribution < -0.4 is 4.74 Å². The normalized spacial score (nSPS) is 11.1. The van der Waals surface area contributed by atoms with E-state index in [-0.39, 0.29) is 5.92 Å². The van der Waals surface area contributed by atoms with E-state index >= 15 is 0 Å². The predicted molar refractivity (Wildman–Crippen MR) is 79.7 cm³/mol. The molecule has 1 aromatic rings. The topological polar surface area (TPSA) is 26.3 Å². The molecule has 0 aliphatic carbocycles. The third kappa shape index (κ3) is 5.91. The molecule has 1 aromatic carbocycles. The number of ketones is 1. The second kappa shape index (κ2) is 7.98. The monoisotopic (exact) mass is 262 g/mol. The first-order chi connectivity index (χ1) is 9.00. The lowest BCUT2D eigenvalue weighted by atomic mass is 10.0. The SMILES string of the molecule is CC(C)C(=O)CCCCOc1ccc(C(C)C)cc1. The first-order valence-corrected chi connectivity index (χ1v) is 7.26. The standard InChI is InChI=1S/C17H26O2/c1-13(2)15-8-10-16(11-9-15)19-12-6-5-7-17(18)14(3)4/h8-11,13-14H,5-7,12H2,1-4H3. The molecule has 0 fully saturated rings. The minimum atomic E-state index is 0.157. The van der Waals surface area contributed by atoms with E-state index < -0.39 is 0 Å². The van der Waals surface area contributed by atoms with Gasteiger partial charge in [-0.15, -0.1) is 0 Å². The van der Waals surface area contributed by atoms with Gasteiger partial charge in [0.1, 0.15) is 11.5 Å². The van der Waals surface area contributed by atoms with Gasteiger partial charge >= 0.3 is 0 Å². The fourth-order valence-electron chi connectivity index (χ4n) is 1.83. The number of hydrogen-bond donors (Lipinski definition) is 0. The van der Waals surface area contributed by atoms with E-state index in [1.54, 1.807) is 0 Å². The molecule has 19 heavy (non-hydrogen) atoms. The molecule has 0 saturated heterocycles. The van der Waals surface area contributed by atoms with Crippen molar-refractivity contribution >= 4 is 5.78 Å². The molecule has 0 bridgehead atoms. The zero-order valence-electron chi connectivity index (χ0n) is 12.6. The van der Waals surface area contributed by atoms with E-state index in [0.717, 1.165) is 18.6 Å². The third-order valence-corrected chi connectivity index (χ3v) is 3.28. The van der Waals surface area contributed by atoms with E-state index in [0.29, 0.717) is 24.7 Å². The predicted octanol–water partition coefficient (Wildman–Crippen LogP) is 4.58. The fraction of sp³-hybridized carbons (Fsp3) is 0.588. The molecule has 2 heteroatoms. The van der Waals surface area contributed by atoms with Gasteiger partial charge in [0.2, 0.25) is 0 Å². The molecule has 1 rings (SSSR count). The van der Waals surface area contributed by atoms with E-state index in [1.165, 1.54) is 5.56 Å². The zero-order valence-corrected chi connectivity index (χ0v) is 12.6. The summed E-state index contributed by atoms with van der Waals surface area (Å²) in [7, 11) is 0. The molecule has 0 radical (unpaired) electrons. The van der Waals surface area contributed by atoms with Crippen molar-refractivity contribution in [1.82, 2.24) is 0 Å². The van der Waals surface area contributed by atoms with Crippen LogP contribution in [0.4, 0.5) is 0 Å². The van der Waals surface area contributed by atoms with Crippen molar-refractivity contribution in [2.45, 2.75) is 52.9 Å². The van der Waals surface area contributed by atoms with Crippen LogP contribution in [0.1, 0.15) is 58.4 Å². The van der Waals surface area contributed by atoms with Crippen LogP contribution in [0.2, 0.25) is 0 Å². The molecule has 0 atom stereocenters. The van der Waals surface area contributed by atoms with E-state index in [9.17, 15) is 4.79 Å². The molecule has 0 saturated carbocycles. The van der Waals surface area contributed by atoms with Gasteiger partial charge in [-0.3, -0.25) is 4.79 Å². The molecule has 0 amide bonds. The number of ether oxygens (including phenoxy) is 1. The van der Waals surface area contributed by atoms with Crippen molar-refractivity contribution in [2.24, 2.45) is 5.92 Å². The van der Waals surface area contributed by atoms with Crippen LogP contribution in [0.15, 0.2) is 24.3 Å². The molecular formula is C17H26O2. The van der Waals surface area contributed by atoms with E-state index in [2.05, 4.69) is 26.0 Å². The van der Waals surface area contributed by atoms with Gasteiger partial charge in [0.15, 0.2) is 0 Å². The summed E-state index contributed by atoms with van der Waals surface area (Å²) in [4.78, 5) is 11.4. The summed E-state index contributed by atoms with van der Waals surface area (Å²) in [6.07, 6.45) is 2.53. The Morgan fingerprint density at radius 1 is 1.05 bits per heavy atom. The lowest BCUT2D eigenvalue weighted by molar-refractivity contribution is -0.122. The van der Waals surface area contributed by atoms with Gasteiger partial charge in [-0.25, -0.2) is 0 Å². The summed E-state index contributed by atoms with van der Waals surface area (Å²) in [6.45, 7) is 8.96. The van der Waals surface area contributed by atoms with Crippen molar-refractivity contribution in [3.05, 3.63) is 29.8 Å². The smallest absolute Gasteiger partial charge is 0.135 e. The minimum absolute atomic E-state index is 0.157. The average Bonchev–Trinajstić information content (AvgIpc) is 2.38. The van der Waals surface area contributed by atoms with Gasteiger partial charge in [-0.1, -0.05) is 39.8 Å². The molecule has 0 spiro atoms. The Labute approximate surface area is 117 Å². The first kappa shape index (κ1) is 15.7. The van der Waals surface area contributed by atoms with Crippen LogP contribution >= 0.6 is 0 Å². The van der Waals surface area contributed by atoms with Crippen molar-refractivity contribution in [3.63, 3.8) is 0 Å². The Bertz CT molecular complexity index is 377. The maximum Gasteiger partial charge on any atom is 0.135 e. The number of rotatable bonds is 8. The summed E-state index contributed by atoms with van der Waals surface area (Å²) < 4.78 is 5.67. The summed E-state index contributed by atoms with van der Waals surface area (Å²) in [5.41, 5.74) is 1.33. The average molecular weight is 262 g/mol. The molecule has 0 aliphatic heterocycles. The highest BCUT2D eigenvalue weighted by molar-refractivity contribution is 5.80. The van der Waals surface area contributed by atoms with Crippen LogP contribution in [0.25, 0.3) is 0 Å². The Kier molecular flexibility index (Phi) is 6.61. The Balaban J connectivity index is 2.21. The third-order valence-electron chi connectivity index (χ3n) is 3.28. The lowest BCUT2D eigenvalue weighted by Crippen LogP contribution is -2.07. The van der Waals surface area contributed by atoms with Crippen LogP contribution in [0.5, 0.6) is 5.75 Å². The molecular weight excluding hydrogens is 236 g/mol. The number of unbranched alkanes of at least 4 members (excludes halogenated alkanes) is 1. The summed E-state index contributed by atoms with van der Waals surface area (Å²) in [5, 5.41) is 0.